The second-order valence-corrected chi connectivity index (χ2v) is 12.9. The molecule has 1 aliphatic heterocycles. The van der Waals surface area contributed by atoms with Crippen LogP contribution in [0.3, 0.4) is 0 Å². The number of anilines is 1. The second kappa shape index (κ2) is 11.3. The Kier molecular flexibility index (Phi) is 7.84. The summed E-state index contributed by atoms with van der Waals surface area (Å²) in [6.07, 6.45) is 1.95. The zero-order valence-corrected chi connectivity index (χ0v) is 23.2. The fraction of sp³-hybridized carbons (Fsp3) is 0.387. The second-order valence-electron chi connectivity index (χ2n) is 10.4. The molecule has 2 aliphatic rings. The molecule has 206 valence electrons. The molecule has 8 heteroatoms. The highest BCUT2D eigenvalue weighted by Gasteiger charge is 2.44. The lowest BCUT2D eigenvalue weighted by Gasteiger charge is -2.16. The summed E-state index contributed by atoms with van der Waals surface area (Å²) in [5.41, 5.74) is 7.66. The monoisotopic (exact) mass is 549 g/mol. The molecular weight excluding hydrogens is 514 g/mol. The Bertz CT molecular complexity index is 1470. The predicted molar refractivity (Wildman–Crippen MR) is 153 cm³/mol. The van der Waals surface area contributed by atoms with Crippen LogP contribution in [0.5, 0.6) is 11.5 Å². The number of aryl methyl sites for hydroxylation is 1. The predicted octanol–water partition coefficient (Wildman–Crippen LogP) is 5.60. The largest absolute Gasteiger partial charge is 0.494 e. The van der Waals surface area contributed by atoms with Crippen molar-refractivity contribution in [3.8, 4) is 22.6 Å². The summed E-state index contributed by atoms with van der Waals surface area (Å²) in [5.74, 6) is 1.09. The zero-order valence-electron chi connectivity index (χ0n) is 22.4. The molecule has 0 amide bonds. The number of fused-ring (bicyclic) bond motifs is 3. The Morgan fingerprint density at radius 3 is 2.64 bits per heavy atom. The van der Waals surface area contributed by atoms with E-state index in [1.54, 1.807) is 6.92 Å². The van der Waals surface area contributed by atoms with Gasteiger partial charge in [-0.25, -0.2) is 8.42 Å². The lowest BCUT2D eigenvalue weighted by Crippen LogP contribution is -2.12. The van der Waals surface area contributed by atoms with Crippen LogP contribution in [-0.2, 0) is 27.6 Å². The van der Waals surface area contributed by atoms with E-state index in [0.29, 0.717) is 26.2 Å². The molecule has 1 aliphatic carbocycles. The van der Waals surface area contributed by atoms with Gasteiger partial charge in [0.1, 0.15) is 21.3 Å². The molecule has 1 fully saturated rings. The number of aliphatic carboxylic acids is 1. The van der Waals surface area contributed by atoms with Crippen molar-refractivity contribution in [2.75, 3.05) is 30.0 Å². The van der Waals surface area contributed by atoms with Crippen molar-refractivity contribution in [1.29, 1.82) is 0 Å². The van der Waals surface area contributed by atoms with Crippen LogP contribution in [0.25, 0.3) is 11.1 Å². The number of hydrogen-bond donors (Lipinski definition) is 2. The number of rotatable bonds is 11. The topological polar surface area (TPSA) is 102 Å². The van der Waals surface area contributed by atoms with E-state index in [0.717, 1.165) is 63.4 Å². The highest BCUT2D eigenvalue weighted by atomic mass is 32.2. The molecule has 0 bridgehead atoms. The quantitative estimate of drug-likeness (QED) is 0.300. The third-order valence-electron chi connectivity index (χ3n) is 7.58. The van der Waals surface area contributed by atoms with Crippen molar-refractivity contribution in [2.24, 2.45) is 5.92 Å². The Morgan fingerprint density at radius 2 is 1.92 bits per heavy atom. The number of sulfone groups is 1. The summed E-state index contributed by atoms with van der Waals surface area (Å²) in [7, 11) is -2.99. The summed E-state index contributed by atoms with van der Waals surface area (Å²) < 4.78 is 35.5. The lowest BCUT2D eigenvalue weighted by atomic mass is 9.92. The van der Waals surface area contributed by atoms with Gasteiger partial charge in [-0.05, 0) is 89.9 Å². The van der Waals surface area contributed by atoms with Crippen LogP contribution in [0.2, 0.25) is 0 Å². The molecule has 0 spiro atoms. The van der Waals surface area contributed by atoms with Crippen LogP contribution in [0.1, 0.15) is 47.9 Å². The van der Waals surface area contributed by atoms with Gasteiger partial charge in [-0.3, -0.25) is 4.79 Å². The first kappa shape index (κ1) is 27.1. The molecule has 1 heterocycles. The van der Waals surface area contributed by atoms with Gasteiger partial charge in [0.25, 0.3) is 0 Å². The number of benzene rings is 3. The maximum atomic E-state index is 11.7. The minimum Gasteiger partial charge on any atom is -0.494 e. The molecule has 7 nitrogen and oxygen atoms in total. The zero-order chi connectivity index (χ0) is 27.6. The fourth-order valence-electron chi connectivity index (χ4n) is 5.27. The molecule has 3 aromatic carbocycles. The van der Waals surface area contributed by atoms with Crippen LogP contribution in [-0.4, -0.2) is 44.2 Å². The van der Waals surface area contributed by atoms with E-state index in [2.05, 4.69) is 30.4 Å². The molecule has 3 aromatic rings. The van der Waals surface area contributed by atoms with Crippen molar-refractivity contribution < 1.29 is 27.8 Å². The normalized spacial score (nSPS) is 17.8. The Morgan fingerprint density at radius 1 is 1.13 bits per heavy atom. The summed E-state index contributed by atoms with van der Waals surface area (Å²) in [4.78, 5) is 11.2. The molecule has 0 saturated heterocycles. The lowest BCUT2D eigenvalue weighted by molar-refractivity contribution is -0.138. The van der Waals surface area contributed by atoms with Gasteiger partial charge in [-0.15, -0.1) is 0 Å². The van der Waals surface area contributed by atoms with Crippen molar-refractivity contribution in [3.63, 3.8) is 0 Å². The van der Waals surface area contributed by atoms with Crippen molar-refractivity contribution in [1.82, 2.24) is 0 Å². The maximum Gasteiger partial charge on any atom is 0.307 e. The van der Waals surface area contributed by atoms with Gasteiger partial charge in [-0.1, -0.05) is 25.1 Å². The first-order valence-corrected chi connectivity index (χ1v) is 15.4. The van der Waals surface area contributed by atoms with E-state index in [-0.39, 0.29) is 23.3 Å². The summed E-state index contributed by atoms with van der Waals surface area (Å²) >= 11 is 0. The molecular formula is C31H35NO6S. The third-order valence-corrected chi connectivity index (χ3v) is 9.37. The maximum absolute atomic E-state index is 11.7. The van der Waals surface area contributed by atoms with E-state index >= 15 is 0 Å². The van der Waals surface area contributed by atoms with Gasteiger partial charge in [0.15, 0.2) is 0 Å². The SMILES string of the molecule is CCS(=O)(=O)CCCOc1cc(C)c2c(c1)CCOc1ccc(CNc3ccc([C@H]4C[C@@H]4C(=O)O)cc3)cc1-2. The summed E-state index contributed by atoms with van der Waals surface area (Å²) in [6, 6.07) is 18.4. The molecule has 2 atom stereocenters. The summed E-state index contributed by atoms with van der Waals surface area (Å²) in [6.45, 7) is 5.32. The fourth-order valence-corrected chi connectivity index (χ4v) is 6.12. The van der Waals surface area contributed by atoms with Gasteiger partial charge < -0.3 is 19.9 Å². The van der Waals surface area contributed by atoms with Crippen LogP contribution >= 0.6 is 0 Å². The number of carboxylic acids is 1. The van der Waals surface area contributed by atoms with Crippen molar-refractivity contribution in [2.45, 2.75) is 45.6 Å². The molecule has 39 heavy (non-hydrogen) atoms. The van der Waals surface area contributed by atoms with Gasteiger partial charge in [0.05, 0.1) is 24.9 Å². The van der Waals surface area contributed by atoms with Gasteiger partial charge in [0, 0.05) is 30.0 Å². The van der Waals surface area contributed by atoms with Crippen LogP contribution in [0.15, 0.2) is 54.6 Å². The van der Waals surface area contributed by atoms with Crippen molar-refractivity contribution >= 4 is 21.5 Å². The highest BCUT2D eigenvalue weighted by Crippen LogP contribution is 2.47. The van der Waals surface area contributed by atoms with E-state index in [4.69, 9.17) is 9.47 Å². The van der Waals surface area contributed by atoms with E-state index in [9.17, 15) is 18.3 Å². The first-order chi connectivity index (χ1) is 18.7. The Hall–Kier alpha value is -3.52. The first-order valence-electron chi connectivity index (χ1n) is 13.5. The van der Waals surface area contributed by atoms with E-state index in [1.807, 2.05) is 36.4 Å². The smallest absolute Gasteiger partial charge is 0.307 e. The standard InChI is InChI=1S/C31H35NO6S/c1-3-39(35,36)14-4-12-37-25-15-20(2)30-23(17-25)11-13-38-29-10-5-21(16-28(29)30)19-32-24-8-6-22(7-9-24)26-18-27(26)31(33)34/h5-10,15-17,26-27,32H,3-4,11-14,18-19H2,1-2H3,(H,33,34)/t26-,27+/m1/s1. The van der Waals surface area contributed by atoms with Crippen LogP contribution in [0, 0.1) is 12.8 Å². The number of nitrogens with one attached hydrogen (secondary N) is 1. The van der Waals surface area contributed by atoms with E-state index < -0.39 is 15.8 Å². The highest BCUT2D eigenvalue weighted by molar-refractivity contribution is 7.91. The Labute approximate surface area is 230 Å². The molecule has 2 N–H and O–H groups in total. The van der Waals surface area contributed by atoms with Crippen LogP contribution in [0.4, 0.5) is 5.69 Å². The van der Waals surface area contributed by atoms with Gasteiger partial charge >= 0.3 is 5.97 Å². The average molecular weight is 550 g/mol. The van der Waals surface area contributed by atoms with Gasteiger partial charge in [0.2, 0.25) is 0 Å². The minimum absolute atomic E-state index is 0.132. The molecule has 1 saturated carbocycles. The van der Waals surface area contributed by atoms with Gasteiger partial charge in [-0.2, -0.15) is 0 Å². The number of carbonyl (C=O) groups is 1. The number of ether oxygens (including phenoxy) is 2. The molecule has 5 rings (SSSR count). The van der Waals surface area contributed by atoms with Crippen LogP contribution < -0.4 is 14.8 Å². The third kappa shape index (κ3) is 6.38. The minimum atomic E-state index is -2.99. The number of hydrogen-bond acceptors (Lipinski definition) is 6. The molecule has 0 radical (unpaired) electrons. The Balaban J connectivity index is 1.27. The summed E-state index contributed by atoms with van der Waals surface area (Å²) in [5, 5.41) is 12.6. The van der Waals surface area contributed by atoms with E-state index in [1.165, 1.54) is 0 Å². The average Bonchev–Trinajstić information content (AvgIpc) is 3.74. The molecule has 0 aromatic heterocycles. The van der Waals surface area contributed by atoms with Crippen molar-refractivity contribution in [3.05, 3.63) is 76.9 Å². The number of carboxylic acid groups (broad SMARTS) is 1. The molecule has 0 unspecified atom stereocenters.